The van der Waals surface area contributed by atoms with Crippen LogP contribution in [0.4, 0.5) is 0 Å². The molecule has 0 aliphatic heterocycles. The second-order valence-electron chi connectivity index (χ2n) is 3.68. The molecule has 1 aliphatic rings. The molecule has 1 unspecified atom stereocenters. The maximum Gasteiger partial charge on any atom is 0.0820 e. The maximum atomic E-state index is 6.06. The van der Waals surface area contributed by atoms with Crippen LogP contribution in [0.5, 0.6) is 0 Å². The topological polar surface area (TPSA) is 43.8 Å². The number of rotatable bonds is 3. The lowest BCUT2D eigenvalue weighted by atomic mass is 10.2. The van der Waals surface area contributed by atoms with Crippen LogP contribution in [0.15, 0.2) is 6.20 Å². The lowest BCUT2D eigenvalue weighted by Gasteiger charge is -2.13. The van der Waals surface area contributed by atoms with E-state index in [1.165, 1.54) is 18.5 Å². The summed E-state index contributed by atoms with van der Waals surface area (Å²) in [6.07, 6.45) is 4.20. The molecular weight excluding hydrogens is 186 g/mol. The smallest absolute Gasteiger partial charge is 0.0820 e. The number of nitrogens with two attached hydrogens (primary N) is 1. The first kappa shape index (κ1) is 9.03. The highest BCUT2D eigenvalue weighted by molar-refractivity contribution is 6.31. The summed E-state index contributed by atoms with van der Waals surface area (Å²) in [4.78, 5) is 0. The first-order valence-corrected chi connectivity index (χ1v) is 5.04. The normalized spacial score (nSPS) is 19.0. The lowest BCUT2D eigenvalue weighted by Crippen LogP contribution is -2.18. The molecule has 2 N–H and O–H groups in total. The Morgan fingerprint density at radius 2 is 2.46 bits per heavy atom. The van der Waals surface area contributed by atoms with Crippen molar-refractivity contribution in [2.45, 2.75) is 31.7 Å². The van der Waals surface area contributed by atoms with Crippen LogP contribution >= 0.6 is 11.6 Å². The number of hydrogen-bond acceptors (Lipinski definition) is 2. The first-order valence-electron chi connectivity index (χ1n) is 4.67. The van der Waals surface area contributed by atoms with Gasteiger partial charge < -0.3 is 5.73 Å². The fourth-order valence-electron chi connectivity index (χ4n) is 1.54. The van der Waals surface area contributed by atoms with E-state index in [0.717, 1.165) is 5.02 Å². The van der Waals surface area contributed by atoms with Crippen molar-refractivity contribution >= 4 is 11.6 Å². The molecular formula is C9H14ClN3. The summed E-state index contributed by atoms with van der Waals surface area (Å²) in [5, 5.41) is 5.05. The first-order chi connectivity index (χ1) is 6.24. The summed E-state index contributed by atoms with van der Waals surface area (Å²) < 4.78 is 1.97. The van der Waals surface area contributed by atoms with E-state index in [4.69, 9.17) is 17.3 Å². The van der Waals surface area contributed by atoms with Crippen molar-refractivity contribution in [2.24, 2.45) is 5.73 Å². The largest absolute Gasteiger partial charge is 0.328 e. The summed E-state index contributed by atoms with van der Waals surface area (Å²) in [5.41, 5.74) is 6.78. The van der Waals surface area contributed by atoms with Crippen molar-refractivity contribution in [3.05, 3.63) is 16.9 Å². The summed E-state index contributed by atoms with van der Waals surface area (Å²) >= 11 is 6.06. The standard InChI is InChI=1S/C9H14ClN3/c1-6(4-11)13-9(7-2-3-7)8(10)5-12-13/h5-7H,2-4,11H2,1H3. The molecule has 0 bridgehead atoms. The molecule has 1 atom stereocenters. The number of halogens is 1. The third-order valence-corrected chi connectivity index (χ3v) is 2.80. The SMILES string of the molecule is CC(CN)n1ncc(Cl)c1C1CC1. The van der Waals surface area contributed by atoms with E-state index in [1.54, 1.807) is 6.20 Å². The van der Waals surface area contributed by atoms with Crippen LogP contribution in [0.3, 0.4) is 0 Å². The van der Waals surface area contributed by atoms with Crippen LogP contribution in [-0.4, -0.2) is 16.3 Å². The van der Waals surface area contributed by atoms with E-state index in [9.17, 15) is 0 Å². The van der Waals surface area contributed by atoms with Crippen molar-refractivity contribution in [1.82, 2.24) is 9.78 Å². The van der Waals surface area contributed by atoms with Crippen LogP contribution in [0, 0.1) is 0 Å². The zero-order valence-corrected chi connectivity index (χ0v) is 8.46. The van der Waals surface area contributed by atoms with E-state index >= 15 is 0 Å². The fraction of sp³-hybridized carbons (Fsp3) is 0.667. The second kappa shape index (κ2) is 3.31. The second-order valence-corrected chi connectivity index (χ2v) is 4.09. The Morgan fingerprint density at radius 3 is 3.00 bits per heavy atom. The van der Waals surface area contributed by atoms with E-state index in [0.29, 0.717) is 12.5 Å². The third kappa shape index (κ3) is 1.58. The Balaban J connectivity index is 2.33. The highest BCUT2D eigenvalue weighted by Gasteiger charge is 2.30. The summed E-state index contributed by atoms with van der Waals surface area (Å²) in [7, 11) is 0. The van der Waals surface area contributed by atoms with Crippen molar-refractivity contribution in [3.8, 4) is 0 Å². The Labute approximate surface area is 82.9 Å². The van der Waals surface area contributed by atoms with Gasteiger partial charge in [0.2, 0.25) is 0 Å². The fourth-order valence-corrected chi connectivity index (χ4v) is 1.83. The van der Waals surface area contributed by atoms with E-state index < -0.39 is 0 Å². The van der Waals surface area contributed by atoms with Crippen LogP contribution in [0.2, 0.25) is 5.02 Å². The minimum Gasteiger partial charge on any atom is -0.328 e. The predicted molar refractivity (Wildman–Crippen MR) is 53.0 cm³/mol. The van der Waals surface area contributed by atoms with Gasteiger partial charge in [-0.05, 0) is 19.8 Å². The molecule has 0 amide bonds. The Morgan fingerprint density at radius 1 is 1.77 bits per heavy atom. The molecule has 1 fully saturated rings. The van der Waals surface area contributed by atoms with Crippen molar-refractivity contribution in [2.75, 3.05) is 6.54 Å². The highest BCUT2D eigenvalue weighted by Crippen LogP contribution is 2.43. The Bertz CT molecular complexity index is 304. The molecule has 0 radical (unpaired) electrons. The molecule has 4 heteroatoms. The third-order valence-electron chi connectivity index (χ3n) is 2.51. The average Bonchev–Trinajstić information content (AvgIpc) is 2.89. The summed E-state index contributed by atoms with van der Waals surface area (Å²) in [6, 6.07) is 0.253. The lowest BCUT2D eigenvalue weighted by molar-refractivity contribution is 0.482. The predicted octanol–water partition coefficient (Wildman–Crippen LogP) is 1.93. The van der Waals surface area contributed by atoms with Crippen LogP contribution in [-0.2, 0) is 0 Å². The molecule has 1 saturated carbocycles. The van der Waals surface area contributed by atoms with Crippen LogP contribution in [0.1, 0.15) is 37.4 Å². The molecule has 72 valence electrons. The summed E-state index contributed by atoms with van der Waals surface area (Å²) in [5.74, 6) is 0.629. The van der Waals surface area contributed by atoms with Gasteiger partial charge in [0.15, 0.2) is 0 Å². The summed E-state index contributed by atoms with van der Waals surface area (Å²) in [6.45, 7) is 2.67. The van der Waals surface area contributed by atoms with Gasteiger partial charge in [0, 0.05) is 12.5 Å². The number of aromatic nitrogens is 2. The molecule has 1 aromatic heterocycles. The van der Waals surface area contributed by atoms with Crippen molar-refractivity contribution in [1.29, 1.82) is 0 Å². The minimum absolute atomic E-state index is 0.253. The zero-order chi connectivity index (χ0) is 9.42. The number of nitrogens with zero attached hydrogens (tertiary/aromatic N) is 2. The van der Waals surface area contributed by atoms with Gasteiger partial charge >= 0.3 is 0 Å². The average molecular weight is 200 g/mol. The van der Waals surface area contributed by atoms with Crippen LogP contribution < -0.4 is 5.73 Å². The molecule has 0 aromatic carbocycles. The van der Waals surface area contributed by atoms with Gasteiger partial charge in [0.05, 0.1) is 23.0 Å². The van der Waals surface area contributed by atoms with Crippen molar-refractivity contribution < 1.29 is 0 Å². The highest BCUT2D eigenvalue weighted by atomic mass is 35.5. The Kier molecular flexibility index (Phi) is 2.30. The monoisotopic (exact) mass is 199 g/mol. The van der Waals surface area contributed by atoms with Gasteiger partial charge in [-0.25, -0.2) is 0 Å². The van der Waals surface area contributed by atoms with E-state index in [1.807, 2.05) is 4.68 Å². The molecule has 0 spiro atoms. The minimum atomic E-state index is 0.253. The maximum absolute atomic E-state index is 6.06. The molecule has 1 aliphatic carbocycles. The van der Waals surface area contributed by atoms with Gasteiger partial charge in [-0.15, -0.1) is 0 Å². The molecule has 0 saturated heterocycles. The zero-order valence-electron chi connectivity index (χ0n) is 7.70. The van der Waals surface area contributed by atoms with Gasteiger partial charge in [-0.2, -0.15) is 5.10 Å². The Hall–Kier alpha value is -0.540. The molecule has 1 heterocycles. The van der Waals surface area contributed by atoms with Gasteiger partial charge in [-0.1, -0.05) is 11.6 Å². The number of hydrogen-bond donors (Lipinski definition) is 1. The van der Waals surface area contributed by atoms with E-state index in [2.05, 4.69) is 12.0 Å². The van der Waals surface area contributed by atoms with Gasteiger partial charge in [-0.3, -0.25) is 4.68 Å². The van der Waals surface area contributed by atoms with Crippen molar-refractivity contribution in [3.63, 3.8) is 0 Å². The molecule has 3 nitrogen and oxygen atoms in total. The van der Waals surface area contributed by atoms with Gasteiger partial charge in [0.25, 0.3) is 0 Å². The van der Waals surface area contributed by atoms with E-state index in [-0.39, 0.29) is 6.04 Å². The molecule has 13 heavy (non-hydrogen) atoms. The molecule has 2 rings (SSSR count). The van der Waals surface area contributed by atoms with Gasteiger partial charge in [0.1, 0.15) is 0 Å². The quantitative estimate of drug-likeness (QED) is 0.809. The van der Waals surface area contributed by atoms with Crippen LogP contribution in [0.25, 0.3) is 0 Å². The molecule has 1 aromatic rings.